The number of anilines is 1. The Balaban J connectivity index is 2.02. The van der Waals surface area contributed by atoms with E-state index in [1.807, 2.05) is 6.92 Å². The third kappa shape index (κ3) is 3.39. The number of hydrogen-bond acceptors (Lipinski definition) is 5. The van der Waals surface area contributed by atoms with Crippen molar-refractivity contribution in [2.24, 2.45) is 7.05 Å². The highest BCUT2D eigenvalue weighted by Gasteiger charge is 2.23. The molecule has 156 valence electrons. The molecule has 0 saturated heterocycles. The van der Waals surface area contributed by atoms with Crippen LogP contribution < -0.4 is 11.3 Å². The average Bonchev–Trinajstić information content (AvgIpc) is 3.19. The average molecular weight is 433 g/mol. The van der Waals surface area contributed by atoms with Crippen LogP contribution in [0.15, 0.2) is 70.6 Å². The molecule has 0 aliphatic carbocycles. The summed E-state index contributed by atoms with van der Waals surface area (Å²) in [5.41, 5.74) is 9.24. The number of hydrogen-bond donors (Lipinski definition) is 1. The van der Waals surface area contributed by atoms with E-state index >= 15 is 0 Å². The second-order valence-electron chi connectivity index (χ2n) is 7.41. The summed E-state index contributed by atoms with van der Waals surface area (Å²) in [7, 11) is -2.41. The van der Waals surface area contributed by atoms with Crippen molar-refractivity contribution in [2.45, 2.75) is 18.2 Å². The Hall–Kier alpha value is -3.83. The van der Waals surface area contributed by atoms with Crippen LogP contribution in [0.1, 0.15) is 11.1 Å². The zero-order valence-corrected chi connectivity index (χ0v) is 17.8. The smallest absolute Gasteiger partial charge is 0.275 e. The van der Waals surface area contributed by atoms with Gasteiger partial charge in [0.1, 0.15) is 5.52 Å². The van der Waals surface area contributed by atoms with Crippen LogP contribution in [0.5, 0.6) is 0 Å². The first-order valence-electron chi connectivity index (χ1n) is 9.52. The van der Waals surface area contributed by atoms with Gasteiger partial charge in [-0.25, -0.2) is 12.4 Å². The molecule has 0 atom stereocenters. The van der Waals surface area contributed by atoms with Crippen LogP contribution in [0.25, 0.3) is 22.0 Å². The molecule has 0 radical (unpaired) electrons. The molecule has 4 aromatic rings. The number of aromatic nitrogens is 2. The van der Waals surface area contributed by atoms with Crippen molar-refractivity contribution in [1.82, 2.24) is 8.54 Å². The van der Waals surface area contributed by atoms with Crippen molar-refractivity contribution in [1.29, 1.82) is 5.26 Å². The molecule has 0 fully saturated rings. The van der Waals surface area contributed by atoms with Crippen molar-refractivity contribution in [2.75, 3.05) is 5.73 Å². The van der Waals surface area contributed by atoms with Gasteiger partial charge >= 0.3 is 0 Å². The summed E-state index contributed by atoms with van der Waals surface area (Å²) < 4.78 is 28.9. The minimum atomic E-state index is -3.98. The molecule has 0 saturated carbocycles. The molecule has 8 heteroatoms. The van der Waals surface area contributed by atoms with Gasteiger partial charge in [0, 0.05) is 41.6 Å². The van der Waals surface area contributed by atoms with Gasteiger partial charge in [-0.3, -0.25) is 4.79 Å². The fraction of sp³-hybridized carbons (Fsp3) is 0.130. The van der Waals surface area contributed by atoms with E-state index in [2.05, 4.69) is 6.07 Å². The summed E-state index contributed by atoms with van der Waals surface area (Å²) in [6.45, 7) is 1.87. The number of rotatable bonds is 4. The third-order valence-corrected chi connectivity index (χ3v) is 6.95. The summed E-state index contributed by atoms with van der Waals surface area (Å²) in [5.74, 6) is 0. The Morgan fingerprint density at radius 3 is 2.45 bits per heavy atom. The van der Waals surface area contributed by atoms with Gasteiger partial charge in [-0.15, -0.1) is 0 Å². The van der Waals surface area contributed by atoms with E-state index in [0.29, 0.717) is 22.2 Å². The Bertz CT molecular complexity index is 1520. The van der Waals surface area contributed by atoms with Gasteiger partial charge in [0.25, 0.3) is 15.6 Å². The lowest BCUT2D eigenvalue weighted by atomic mass is 9.99. The molecule has 4 rings (SSSR count). The van der Waals surface area contributed by atoms with Gasteiger partial charge in [0.2, 0.25) is 0 Å². The lowest BCUT2D eigenvalue weighted by Crippen LogP contribution is -2.22. The molecule has 0 bridgehead atoms. The first-order chi connectivity index (χ1) is 14.7. The summed E-state index contributed by atoms with van der Waals surface area (Å²) in [6.07, 6.45) is 3.24. The normalized spacial score (nSPS) is 11.5. The Morgan fingerprint density at radius 1 is 1.06 bits per heavy atom. The summed E-state index contributed by atoms with van der Waals surface area (Å²) in [4.78, 5) is 13.1. The standard InChI is InChI=1S/C23H20N4O3S/c1-15-3-6-17(7-4-15)31(29,30)27-12-10-18-20(14-26(2)23(28)22(18)27)19-13-16(9-11-24)5-8-21(19)25/h3-8,10,12-14H,9,25H2,1-2H3. The Labute approximate surface area is 179 Å². The molecule has 7 nitrogen and oxygen atoms in total. The number of nitrogens with two attached hydrogens (primary N) is 1. The largest absolute Gasteiger partial charge is 0.398 e. The predicted molar refractivity (Wildman–Crippen MR) is 120 cm³/mol. The molecule has 2 aromatic heterocycles. The molecular formula is C23H20N4O3S. The number of nitriles is 1. The number of benzene rings is 2. The molecule has 0 unspecified atom stereocenters. The maximum Gasteiger partial charge on any atom is 0.275 e. The van der Waals surface area contributed by atoms with Crippen LogP contribution in [0.2, 0.25) is 0 Å². The van der Waals surface area contributed by atoms with Crippen LogP contribution in [-0.2, 0) is 23.5 Å². The van der Waals surface area contributed by atoms with Crippen molar-refractivity contribution < 1.29 is 8.42 Å². The molecule has 0 amide bonds. The number of aryl methyl sites for hydroxylation is 2. The summed E-state index contributed by atoms with van der Waals surface area (Å²) in [5, 5.41) is 9.50. The Morgan fingerprint density at radius 2 is 1.77 bits per heavy atom. The SMILES string of the molecule is Cc1ccc(S(=O)(=O)n2ccc3c(-c4cc(CC#N)ccc4N)cn(C)c(=O)c32)cc1. The van der Waals surface area contributed by atoms with Gasteiger partial charge in [-0.1, -0.05) is 23.8 Å². The first-order valence-corrected chi connectivity index (χ1v) is 11.0. The highest BCUT2D eigenvalue weighted by molar-refractivity contribution is 7.90. The summed E-state index contributed by atoms with van der Waals surface area (Å²) in [6, 6.07) is 15.5. The van der Waals surface area contributed by atoms with Crippen LogP contribution in [0.3, 0.4) is 0 Å². The van der Waals surface area contributed by atoms with E-state index in [1.54, 1.807) is 49.6 Å². The van der Waals surface area contributed by atoms with E-state index in [9.17, 15) is 13.2 Å². The molecule has 0 aliphatic heterocycles. The van der Waals surface area contributed by atoms with E-state index in [-0.39, 0.29) is 16.8 Å². The van der Waals surface area contributed by atoms with Crippen LogP contribution in [-0.4, -0.2) is 17.0 Å². The molecule has 31 heavy (non-hydrogen) atoms. The topological polar surface area (TPSA) is 111 Å². The zero-order valence-electron chi connectivity index (χ0n) is 17.0. The van der Waals surface area contributed by atoms with Crippen LogP contribution in [0.4, 0.5) is 5.69 Å². The number of nitrogen functional groups attached to an aromatic ring is 1. The van der Waals surface area contributed by atoms with E-state index in [1.165, 1.54) is 22.9 Å². The first kappa shape index (κ1) is 20.4. The van der Waals surface area contributed by atoms with Crippen molar-refractivity contribution >= 4 is 26.6 Å². The molecule has 0 aliphatic rings. The lowest BCUT2D eigenvalue weighted by Gasteiger charge is -2.13. The minimum absolute atomic E-state index is 0.0469. The highest BCUT2D eigenvalue weighted by atomic mass is 32.2. The van der Waals surface area contributed by atoms with Gasteiger partial charge < -0.3 is 10.3 Å². The van der Waals surface area contributed by atoms with Gasteiger partial charge in [-0.05, 0) is 42.8 Å². The van der Waals surface area contributed by atoms with Gasteiger partial charge in [0.15, 0.2) is 0 Å². The zero-order chi connectivity index (χ0) is 22.3. The van der Waals surface area contributed by atoms with E-state index in [4.69, 9.17) is 11.0 Å². The maximum atomic E-state index is 13.3. The minimum Gasteiger partial charge on any atom is -0.398 e. The highest BCUT2D eigenvalue weighted by Crippen LogP contribution is 2.33. The lowest BCUT2D eigenvalue weighted by molar-refractivity contribution is 0.589. The molecule has 0 spiro atoms. The van der Waals surface area contributed by atoms with Crippen LogP contribution >= 0.6 is 0 Å². The molecular weight excluding hydrogens is 412 g/mol. The van der Waals surface area contributed by atoms with Crippen molar-refractivity contribution in [3.05, 3.63) is 82.4 Å². The predicted octanol–water partition coefficient (Wildman–Crippen LogP) is 3.20. The van der Waals surface area contributed by atoms with Crippen LogP contribution in [0, 0.1) is 18.3 Å². The van der Waals surface area contributed by atoms with Crippen molar-refractivity contribution in [3.63, 3.8) is 0 Å². The fourth-order valence-electron chi connectivity index (χ4n) is 3.61. The second-order valence-corrected chi connectivity index (χ2v) is 9.22. The fourth-order valence-corrected chi connectivity index (χ4v) is 4.95. The summed E-state index contributed by atoms with van der Waals surface area (Å²) >= 11 is 0. The second kappa shape index (κ2) is 7.45. The van der Waals surface area contributed by atoms with E-state index in [0.717, 1.165) is 15.1 Å². The molecule has 2 aromatic carbocycles. The molecule has 2 heterocycles. The van der Waals surface area contributed by atoms with Gasteiger partial charge in [0.05, 0.1) is 17.4 Å². The van der Waals surface area contributed by atoms with Gasteiger partial charge in [-0.2, -0.15) is 5.26 Å². The quantitative estimate of drug-likeness (QED) is 0.498. The Kier molecular flexibility index (Phi) is 4.91. The van der Waals surface area contributed by atoms with E-state index < -0.39 is 15.6 Å². The number of fused-ring (bicyclic) bond motifs is 1. The molecule has 2 N–H and O–H groups in total. The monoisotopic (exact) mass is 432 g/mol. The maximum absolute atomic E-state index is 13.3. The number of nitrogens with zero attached hydrogens (tertiary/aromatic N) is 3. The van der Waals surface area contributed by atoms with Crippen molar-refractivity contribution in [3.8, 4) is 17.2 Å². The third-order valence-electron chi connectivity index (χ3n) is 5.26. The number of pyridine rings is 1.